The van der Waals surface area contributed by atoms with Crippen LogP contribution in [-0.4, -0.2) is 5.78 Å². The first-order chi connectivity index (χ1) is 11.5. The Labute approximate surface area is 141 Å². The molecule has 0 spiro atoms. The Balaban J connectivity index is 1.46. The van der Waals surface area contributed by atoms with Crippen molar-refractivity contribution >= 4 is 5.78 Å². The zero-order valence-electron chi connectivity index (χ0n) is 14.0. The average Bonchev–Trinajstić information content (AvgIpc) is 2.59. The van der Waals surface area contributed by atoms with Crippen LogP contribution in [0.2, 0.25) is 0 Å². The Morgan fingerprint density at radius 2 is 1.29 bits per heavy atom. The van der Waals surface area contributed by atoms with Crippen molar-refractivity contribution in [3.8, 4) is 0 Å². The zero-order valence-corrected chi connectivity index (χ0v) is 14.0. The molecule has 0 heterocycles. The van der Waals surface area contributed by atoms with Crippen molar-refractivity contribution in [1.82, 2.24) is 0 Å². The maximum absolute atomic E-state index is 13.4. The minimum absolute atomic E-state index is 0.137. The summed E-state index contributed by atoms with van der Waals surface area (Å²) in [5, 5.41) is 0. The van der Waals surface area contributed by atoms with Gasteiger partial charge in [-0.05, 0) is 74.0 Å². The standard InChI is InChI=1S/C20H25F3O/c21-18-11-16(12-19(22)20(18)23)15-7-3-13(4-8-15)1-2-14-5-9-17(24)10-6-14/h11-15H,1-10H2/t13-,15-. The van der Waals surface area contributed by atoms with Crippen LogP contribution in [0.5, 0.6) is 0 Å². The van der Waals surface area contributed by atoms with Crippen LogP contribution < -0.4 is 0 Å². The summed E-state index contributed by atoms with van der Waals surface area (Å²) >= 11 is 0. The first-order valence-electron chi connectivity index (χ1n) is 9.19. The normalized spacial score (nSPS) is 25.9. The van der Waals surface area contributed by atoms with Crippen LogP contribution in [0.1, 0.15) is 75.7 Å². The Kier molecular flexibility index (Phi) is 5.62. The van der Waals surface area contributed by atoms with Crippen molar-refractivity contribution in [3.63, 3.8) is 0 Å². The van der Waals surface area contributed by atoms with Gasteiger partial charge in [0.05, 0.1) is 0 Å². The highest BCUT2D eigenvalue weighted by atomic mass is 19.2. The van der Waals surface area contributed by atoms with Gasteiger partial charge in [0.2, 0.25) is 0 Å². The highest BCUT2D eigenvalue weighted by molar-refractivity contribution is 5.78. The first kappa shape index (κ1) is 17.5. The molecule has 1 aromatic carbocycles. The van der Waals surface area contributed by atoms with Crippen molar-refractivity contribution in [2.45, 2.75) is 70.1 Å². The Morgan fingerprint density at radius 3 is 1.83 bits per heavy atom. The number of rotatable bonds is 4. The lowest BCUT2D eigenvalue weighted by atomic mass is 9.75. The lowest BCUT2D eigenvalue weighted by Gasteiger charge is -2.30. The van der Waals surface area contributed by atoms with Gasteiger partial charge in [0.1, 0.15) is 5.78 Å². The van der Waals surface area contributed by atoms with Crippen molar-refractivity contribution in [1.29, 1.82) is 0 Å². The Bertz CT molecular complexity index is 558. The van der Waals surface area contributed by atoms with Crippen LogP contribution in [0.15, 0.2) is 12.1 Å². The Morgan fingerprint density at radius 1 is 0.792 bits per heavy atom. The summed E-state index contributed by atoms with van der Waals surface area (Å²) in [5.74, 6) is -1.63. The van der Waals surface area contributed by atoms with Gasteiger partial charge in [0.15, 0.2) is 17.5 Å². The fraction of sp³-hybridized carbons (Fsp3) is 0.650. The molecule has 0 aromatic heterocycles. The topological polar surface area (TPSA) is 17.1 Å². The molecule has 0 amide bonds. The van der Waals surface area contributed by atoms with Crippen molar-refractivity contribution in [2.24, 2.45) is 11.8 Å². The molecular weight excluding hydrogens is 313 g/mol. The van der Waals surface area contributed by atoms with E-state index < -0.39 is 17.5 Å². The summed E-state index contributed by atoms with van der Waals surface area (Å²) in [5.41, 5.74) is 0.593. The summed E-state index contributed by atoms with van der Waals surface area (Å²) in [4.78, 5) is 11.3. The molecule has 0 saturated heterocycles. The highest BCUT2D eigenvalue weighted by Gasteiger charge is 2.26. The second kappa shape index (κ2) is 7.71. The molecule has 24 heavy (non-hydrogen) atoms. The van der Waals surface area contributed by atoms with Gasteiger partial charge < -0.3 is 0 Å². The number of hydrogen-bond acceptors (Lipinski definition) is 1. The molecule has 0 radical (unpaired) electrons. The fourth-order valence-electron chi connectivity index (χ4n) is 4.35. The molecule has 0 aliphatic heterocycles. The number of Topliss-reactive ketones (excluding diaryl/α,β-unsaturated/α-hetero) is 1. The van der Waals surface area contributed by atoms with E-state index >= 15 is 0 Å². The lowest BCUT2D eigenvalue weighted by molar-refractivity contribution is -0.121. The molecule has 2 saturated carbocycles. The summed E-state index contributed by atoms with van der Waals surface area (Å²) in [6.07, 6.45) is 9.94. The predicted octanol–water partition coefficient (Wildman–Crippen LogP) is 5.92. The molecule has 1 nitrogen and oxygen atoms in total. The second-order valence-electron chi connectivity index (χ2n) is 7.58. The number of carbonyl (C=O) groups excluding carboxylic acids is 1. The number of ketones is 1. The van der Waals surface area contributed by atoms with Crippen LogP contribution in [0, 0.1) is 29.3 Å². The van der Waals surface area contributed by atoms with E-state index in [0.717, 1.165) is 63.5 Å². The van der Waals surface area contributed by atoms with E-state index in [2.05, 4.69) is 0 Å². The van der Waals surface area contributed by atoms with Gasteiger partial charge in [0.25, 0.3) is 0 Å². The quantitative estimate of drug-likeness (QED) is 0.623. The third-order valence-electron chi connectivity index (χ3n) is 5.97. The molecule has 2 fully saturated rings. The van der Waals surface area contributed by atoms with Gasteiger partial charge >= 0.3 is 0 Å². The third-order valence-corrected chi connectivity index (χ3v) is 5.97. The predicted molar refractivity (Wildman–Crippen MR) is 87.2 cm³/mol. The monoisotopic (exact) mass is 338 g/mol. The Hall–Kier alpha value is -1.32. The van der Waals surface area contributed by atoms with Gasteiger partial charge in [-0.3, -0.25) is 4.79 Å². The minimum Gasteiger partial charge on any atom is -0.300 e. The number of benzene rings is 1. The van der Waals surface area contributed by atoms with E-state index in [1.54, 1.807) is 0 Å². The molecule has 0 atom stereocenters. The second-order valence-corrected chi connectivity index (χ2v) is 7.58. The summed E-state index contributed by atoms with van der Waals surface area (Å²) < 4.78 is 39.8. The van der Waals surface area contributed by atoms with E-state index in [1.807, 2.05) is 0 Å². The van der Waals surface area contributed by atoms with Crippen LogP contribution >= 0.6 is 0 Å². The highest BCUT2D eigenvalue weighted by Crippen LogP contribution is 2.39. The van der Waals surface area contributed by atoms with Crippen LogP contribution in [-0.2, 0) is 4.79 Å². The summed E-state index contributed by atoms with van der Waals surface area (Å²) in [6, 6.07) is 2.31. The van der Waals surface area contributed by atoms with Crippen LogP contribution in [0.25, 0.3) is 0 Å². The van der Waals surface area contributed by atoms with Crippen molar-refractivity contribution < 1.29 is 18.0 Å². The lowest BCUT2D eigenvalue weighted by Crippen LogP contribution is -2.17. The van der Waals surface area contributed by atoms with Crippen molar-refractivity contribution in [3.05, 3.63) is 35.1 Å². The van der Waals surface area contributed by atoms with Gasteiger partial charge in [-0.2, -0.15) is 0 Å². The first-order valence-corrected chi connectivity index (χ1v) is 9.19. The van der Waals surface area contributed by atoms with E-state index in [-0.39, 0.29) is 5.92 Å². The van der Waals surface area contributed by atoms with E-state index in [0.29, 0.717) is 23.2 Å². The number of halogens is 3. The van der Waals surface area contributed by atoms with Gasteiger partial charge in [0, 0.05) is 12.8 Å². The molecule has 132 valence electrons. The molecule has 0 N–H and O–H groups in total. The van der Waals surface area contributed by atoms with Gasteiger partial charge in [-0.1, -0.05) is 12.8 Å². The SMILES string of the molecule is O=C1CCC(CC[C@H]2CC[C@H](c3cc(F)c(F)c(F)c3)CC2)CC1. The fourth-order valence-corrected chi connectivity index (χ4v) is 4.35. The summed E-state index contributed by atoms with van der Waals surface area (Å²) in [6.45, 7) is 0. The summed E-state index contributed by atoms with van der Waals surface area (Å²) in [7, 11) is 0. The van der Waals surface area contributed by atoms with Crippen molar-refractivity contribution in [2.75, 3.05) is 0 Å². The molecular formula is C20H25F3O. The largest absolute Gasteiger partial charge is 0.300 e. The molecule has 2 aliphatic rings. The molecule has 2 aliphatic carbocycles. The van der Waals surface area contributed by atoms with E-state index in [9.17, 15) is 18.0 Å². The van der Waals surface area contributed by atoms with E-state index in [4.69, 9.17) is 0 Å². The molecule has 4 heteroatoms. The molecule has 0 unspecified atom stereocenters. The average molecular weight is 338 g/mol. The third kappa shape index (κ3) is 4.20. The maximum Gasteiger partial charge on any atom is 0.194 e. The minimum atomic E-state index is -1.38. The van der Waals surface area contributed by atoms with Gasteiger partial charge in [-0.15, -0.1) is 0 Å². The molecule has 0 bridgehead atoms. The van der Waals surface area contributed by atoms with E-state index in [1.165, 1.54) is 12.8 Å². The van der Waals surface area contributed by atoms with Crippen LogP contribution in [0.4, 0.5) is 13.2 Å². The smallest absolute Gasteiger partial charge is 0.194 e. The number of hydrogen-bond donors (Lipinski definition) is 0. The molecule has 1 aromatic rings. The zero-order chi connectivity index (χ0) is 17.1. The molecule has 3 rings (SSSR count). The van der Waals surface area contributed by atoms with Crippen LogP contribution in [0.3, 0.4) is 0 Å². The number of carbonyl (C=O) groups is 1. The maximum atomic E-state index is 13.4. The van der Waals surface area contributed by atoms with Gasteiger partial charge in [-0.25, -0.2) is 13.2 Å².